The minimum atomic E-state index is -0.712. The van der Waals surface area contributed by atoms with Crippen LogP contribution in [0.5, 0.6) is 5.75 Å². The molecule has 0 aliphatic heterocycles. The Kier molecular flexibility index (Phi) is 5.51. The van der Waals surface area contributed by atoms with Crippen molar-refractivity contribution in [2.75, 3.05) is 6.54 Å². The van der Waals surface area contributed by atoms with Gasteiger partial charge in [-0.25, -0.2) is 4.98 Å². The van der Waals surface area contributed by atoms with Crippen LogP contribution in [0.15, 0.2) is 35.3 Å². The van der Waals surface area contributed by atoms with Gasteiger partial charge in [-0.15, -0.1) is 0 Å². The van der Waals surface area contributed by atoms with Crippen molar-refractivity contribution < 1.29 is 9.90 Å². The van der Waals surface area contributed by atoms with Gasteiger partial charge in [-0.3, -0.25) is 9.48 Å². The maximum absolute atomic E-state index is 12.4. The Labute approximate surface area is 136 Å². The van der Waals surface area contributed by atoms with Crippen LogP contribution in [0.4, 0.5) is 0 Å². The summed E-state index contributed by atoms with van der Waals surface area (Å²) in [5.74, 6) is -0.0447. The monoisotopic (exact) mass is 367 g/mol. The summed E-state index contributed by atoms with van der Waals surface area (Å²) in [5.41, 5.74) is 6.62. The molecule has 118 valence electrons. The average molecular weight is 368 g/mol. The number of phenolic OH excluding ortho intramolecular Hbond substituents is 1. The van der Waals surface area contributed by atoms with Gasteiger partial charge in [-0.2, -0.15) is 5.10 Å². The summed E-state index contributed by atoms with van der Waals surface area (Å²) in [7, 11) is 0. The summed E-state index contributed by atoms with van der Waals surface area (Å²) in [4.78, 5) is 17.9. The fourth-order valence-electron chi connectivity index (χ4n) is 2.07. The third-order valence-electron chi connectivity index (χ3n) is 3.26. The topological polar surface area (TPSA) is 97.3 Å². The molecule has 1 amide bonds. The number of amides is 1. The first kappa shape index (κ1) is 16.4. The Bertz CT molecular complexity index is 632. The van der Waals surface area contributed by atoms with Gasteiger partial charge in [-0.1, -0.05) is 15.9 Å². The number of aromatic nitrogens is 3. The van der Waals surface area contributed by atoms with Crippen molar-refractivity contribution in [1.29, 1.82) is 0 Å². The number of rotatable bonds is 6. The van der Waals surface area contributed by atoms with E-state index in [0.717, 1.165) is 4.47 Å². The zero-order valence-corrected chi connectivity index (χ0v) is 13.8. The number of hydrogen-bond acceptors (Lipinski definition) is 5. The Morgan fingerprint density at radius 1 is 1.55 bits per heavy atom. The molecule has 1 aromatic heterocycles. The highest BCUT2D eigenvalue weighted by Gasteiger charge is 2.21. The quantitative estimate of drug-likeness (QED) is 0.797. The van der Waals surface area contributed by atoms with Crippen molar-refractivity contribution in [3.63, 3.8) is 0 Å². The number of carbonyl (C=O) groups is 1. The van der Waals surface area contributed by atoms with Gasteiger partial charge in [0.25, 0.3) is 0 Å². The second-order valence-electron chi connectivity index (χ2n) is 4.85. The molecule has 0 saturated carbocycles. The normalized spacial score (nSPS) is 12.1. The molecule has 2 rings (SSSR count). The van der Waals surface area contributed by atoms with Crippen LogP contribution in [0.25, 0.3) is 0 Å². The molecule has 0 spiro atoms. The number of aromatic hydroxyl groups is 1. The average Bonchev–Trinajstić information content (AvgIpc) is 3.00. The molecule has 3 N–H and O–H groups in total. The third kappa shape index (κ3) is 4.05. The lowest BCUT2D eigenvalue weighted by Crippen LogP contribution is -2.45. The summed E-state index contributed by atoms with van der Waals surface area (Å²) in [6.07, 6.45) is 2.91. The van der Waals surface area contributed by atoms with Gasteiger partial charge in [0, 0.05) is 23.1 Å². The van der Waals surface area contributed by atoms with Crippen LogP contribution in [0, 0.1) is 0 Å². The van der Waals surface area contributed by atoms with Gasteiger partial charge in [0.05, 0.1) is 6.54 Å². The van der Waals surface area contributed by atoms with Gasteiger partial charge in [0.2, 0.25) is 5.91 Å². The minimum Gasteiger partial charge on any atom is -0.508 e. The van der Waals surface area contributed by atoms with Crippen molar-refractivity contribution in [2.24, 2.45) is 5.73 Å². The minimum absolute atomic E-state index is 0.152. The van der Waals surface area contributed by atoms with E-state index >= 15 is 0 Å². The first-order chi connectivity index (χ1) is 10.5. The van der Waals surface area contributed by atoms with Gasteiger partial charge >= 0.3 is 0 Å². The molecule has 0 aliphatic rings. The van der Waals surface area contributed by atoms with E-state index in [2.05, 4.69) is 26.0 Å². The number of nitrogens with zero attached hydrogens (tertiary/aromatic N) is 4. The van der Waals surface area contributed by atoms with E-state index in [0.29, 0.717) is 18.7 Å². The van der Waals surface area contributed by atoms with Crippen molar-refractivity contribution in [3.8, 4) is 5.75 Å². The number of carbonyl (C=O) groups excluding carboxylic acids is 1. The molecule has 1 atom stereocenters. The maximum Gasteiger partial charge on any atom is 0.241 e. The Morgan fingerprint density at radius 2 is 2.32 bits per heavy atom. The highest BCUT2D eigenvalue weighted by Crippen LogP contribution is 2.23. The van der Waals surface area contributed by atoms with Crippen LogP contribution in [-0.4, -0.2) is 43.3 Å². The van der Waals surface area contributed by atoms with Gasteiger partial charge in [-0.05, 0) is 25.1 Å². The fourth-order valence-corrected chi connectivity index (χ4v) is 2.48. The molecule has 1 unspecified atom stereocenters. The van der Waals surface area contributed by atoms with Crippen molar-refractivity contribution in [2.45, 2.75) is 26.1 Å². The van der Waals surface area contributed by atoms with E-state index in [1.165, 1.54) is 17.3 Å². The number of likely N-dealkylation sites (N-methyl/N-ethyl adjacent to an activating group) is 1. The predicted molar refractivity (Wildman–Crippen MR) is 84.9 cm³/mol. The van der Waals surface area contributed by atoms with Crippen LogP contribution in [0.2, 0.25) is 0 Å². The summed E-state index contributed by atoms with van der Waals surface area (Å²) >= 11 is 3.36. The summed E-state index contributed by atoms with van der Waals surface area (Å²) in [6.45, 7) is 2.93. The third-order valence-corrected chi connectivity index (χ3v) is 3.76. The predicted octanol–water partition coefficient (Wildman–Crippen LogP) is 1.12. The van der Waals surface area contributed by atoms with E-state index in [9.17, 15) is 9.90 Å². The Morgan fingerprint density at radius 3 is 2.95 bits per heavy atom. The van der Waals surface area contributed by atoms with Gasteiger partial charge < -0.3 is 15.7 Å². The Balaban J connectivity index is 2.06. The molecule has 22 heavy (non-hydrogen) atoms. The van der Waals surface area contributed by atoms with Crippen molar-refractivity contribution in [3.05, 3.63) is 40.9 Å². The molecule has 0 aliphatic carbocycles. The number of phenols is 1. The fraction of sp³-hybridized carbons (Fsp3) is 0.357. The van der Waals surface area contributed by atoms with Gasteiger partial charge in [0.15, 0.2) is 0 Å². The van der Waals surface area contributed by atoms with Crippen LogP contribution in [-0.2, 0) is 17.9 Å². The maximum atomic E-state index is 12.4. The standard InChI is InChI=1S/C14H18BrN5O2/c1-2-19(6-10-5-11(15)3-4-13(10)21)14(22)12(16)7-20-9-17-8-18-20/h3-5,8-9,12,21H,2,6-7,16H2,1H3. The van der Waals surface area contributed by atoms with Crippen LogP contribution in [0.1, 0.15) is 12.5 Å². The van der Waals surface area contributed by atoms with E-state index in [1.807, 2.05) is 6.92 Å². The first-order valence-electron chi connectivity index (χ1n) is 6.85. The zero-order chi connectivity index (χ0) is 16.1. The molecular weight excluding hydrogens is 350 g/mol. The molecular formula is C14H18BrN5O2. The van der Waals surface area contributed by atoms with E-state index in [4.69, 9.17) is 5.73 Å². The molecule has 0 radical (unpaired) electrons. The van der Waals surface area contributed by atoms with Crippen molar-refractivity contribution >= 4 is 21.8 Å². The molecule has 1 aromatic carbocycles. The highest BCUT2D eigenvalue weighted by molar-refractivity contribution is 9.10. The molecule has 2 aromatic rings. The van der Waals surface area contributed by atoms with Crippen molar-refractivity contribution in [1.82, 2.24) is 19.7 Å². The zero-order valence-electron chi connectivity index (χ0n) is 12.2. The SMILES string of the molecule is CCN(Cc1cc(Br)ccc1O)C(=O)C(N)Cn1cncn1. The first-order valence-corrected chi connectivity index (χ1v) is 7.64. The lowest BCUT2D eigenvalue weighted by Gasteiger charge is -2.24. The second-order valence-corrected chi connectivity index (χ2v) is 5.77. The molecule has 0 fully saturated rings. The van der Waals surface area contributed by atoms with Gasteiger partial charge in [0.1, 0.15) is 24.4 Å². The van der Waals surface area contributed by atoms with Crippen LogP contribution in [0.3, 0.4) is 0 Å². The summed E-state index contributed by atoms with van der Waals surface area (Å²) in [6, 6.07) is 4.41. The molecule has 1 heterocycles. The lowest BCUT2D eigenvalue weighted by molar-refractivity contribution is -0.133. The summed E-state index contributed by atoms with van der Waals surface area (Å²) in [5, 5.41) is 13.8. The number of halogens is 1. The number of benzene rings is 1. The highest BCUT2D eigenvalue weighted by atomic mass is 79.9. The second kappa shape index (κ2) is 7.37. The number of hydrogen-bond donors (Lipinski definition) is 2. The Hall–Kier alpha value is -1.93. The molecule has 8 heteroatoms. The molecule has 7 nitrogen and oxygen atoms in total. The summed E-state index contributed by atoms with van der Waals surface area (Å²) < 4.78 is 2.36. The molecule has 0 saturated heterocycles. The van der Waals surface area contributed by atoms with E-state index in [-0.39, 0.29) is 18.2 Å². The van der Waals surface area contributed by atoms with E-state index < -0.39 is 6.04 Å². The van der Waals surface area contributed by atoms with E-state index in [1.54, 1.807) is 23.1 Å². The smallest absolute Gasteiger partial charge is 0.241 e. The van der Waals surface area contributed by atoms with Crippen LogP contribution >= 0.6 is 15.9 Å². The lowest BCUT2D eigenvalue weighted by atomic mass is 10.1. The molecule has 0 bridgehead atoms. The number of nitrogens with two attached hydrogens (primary N) is 1. The largest absolute Gasteiger partial charge is 0.508 e. The van der Waals surface area contributed by atoms with Crippen LogP contribution < -0.4 is 5.73 Å².